The lowest BCUT2D eigenvalue weighted by atomic mass is 9.43. The standard InChI is InChI=1S/C30H47N3O5/c1-28-9-6-22(32(3)27(36)33-13-12-31-21(16-33)17-34)15-20(28)4-5-25-24(28)7-10-29(2)23(8-11-30(25,29)37)19-14-26(35)38-18-19/h14,20-25,31,34,37H,4-13,15-18H2,1-3H3/t20-,21-,22+,23-,24+,25-,28+,29-,30+/m1/s1. The van der Waals surface area contributed by atoms with E-state index in [1.165, 1.54) is 0 Å². The summed E-state index contributed by atoms with van der Waals surface area (Å²) in [5.74, 6) is 1.38. The van der Waals surface area contributed by atoms with Gasteiger partial charge in [-0.3, -0.25) is 0 Å². The second kappa shape index (κ2) is 9.48. The Hall–Kier alpha value is -1.64. The van der Waals surface area contributed by atoms with Gasteiger partial charge in [0.25, 0.3) is 0 Å². The smallest absolute Gasteiger partial charge is 0.331 e. The molecule has 0 aromatic carbocycles. The zero-order valence-corrected chi connectivity index (χ0v) is 23.5. The van der Waals surface area contributed by atoms with Crippen molar-refractivity contribution in [3.8, 4) is 0 Å². The predicted octanol–water partition coefficient (Wildman–Crippen LogP) is 2.93. The first-order chi connectivity index (χ1) is 18.1. The van der Waals surface area contributed by atoms with Crippen molar-refractivity contribution in [3.05, 3.63) is 11.6 Å². The molecule has 2 amide bonds. The van der Waals surface area contributed by atoms with E-state index in [0.29, 0.717) is 37.5 Å². The number of piperazine rings is 1. The maximum absolute atomic E-state index is 13.4. The van der Waals surface area contributed by atoms with E-state index in [9.17, 15) is 19.8 Å². The second-order valence-corrected chi connectivity index (χ2v) is 13.9. The molecule has 2 heterocycles. The predicted molar refractivity (Wildman–Crippen MR) is 143 cm³/mol. The lowest BCUT2D eigenvalue weighted by Crippen LogP contribution is -2.63. The fourth-order valence-electron chi connectivity index (χ4n) is 10.2. The van der Waals surface area contributed by atoms with Crippen LogP contribution < -0.4 is 5.32 Å². The fourth-order valence-corrected chi connectivity index (χ4v) is 10.2. The van der Waals surface area contributed by atoms with Gasteiger partial charge in [0.2, 0.25) is 0 Å². The van der Waals surface area contributed by atoms with Gasteiger partial charge in [-0.1, -0.05) is 13.8 Å². The Kier molecular flexibility index (Phi) is 6.63. The maximum atomic E-state index is 13.4. The Bertz CT molecular complexity index is 1000. The van der Waals surface area contributed by atoms with Crippen LogP contribution >= 0.6 is 0 Å². The molecule has 212 valence electrons. The SMILES string of the molecule is CN(C(=O)N1CCN[C@@H](CO)C1)[C@H]1CC[C@@]2(C)[C@H](CC[C@@H]3[C@@H]2CC[C@]2(C)[C@@H](C4=CC(=O)OC4)CC[C@]32O)C1. The summed E-state index contributed by atoms with van der Waals surface area (Å²) >= 11 is 0. The summed E-state index contributed by atoms with van der Waals surface area (Å²) in [5.41, 5.74) is 0.406. The van der Waals surface area contributed by atoms with Gasteiger partial charge < -0.3 is 30.1 Å². The molecule has 1 saturated heterocycles. The number of ether oxygens (including phenoxy) is 1. The van der Waals surface area contributed by atoms with Gasteiger partial charge in [-0.2, -0.15) is 0 Å². The zero-order valence-electron chi connectivity index (χ0n) is 23.5. The summed E-state index contributed by atoms with van der Waals surface area (Å²) in [6.07, 6.45) is 10.9. The van der Waals surface area contributed by atoms with E-state index < -0.39 is 5.60 Å². The van der Waals surface area contributed by atoms with E-state index in [0.717, 1.165) is 69.9 Å². The van der Waals surface area contributed by atoms with Gasteiger partial charge in [0.1, 0.15) is 6.61 Å². The highest BCUT2D eigenvalue weighted by atomic mass is 16.5. The van der Waals surface area contributed by atoms with Gasteiger partial charge in [-0.25, -0.2) is 9.59 Å². The lowest BCUT2D eigenvalue weighted by molar-refractivity contribution is -0.206. The number of cyclic esters (lactones) is 1. The summed E-state index contributed by atoms with van der Waals surface area (Å²) in [5, 5.41) is 25.3. The lowest BCUT2D eigenvalue weighted by Gasteiger charge is -2.64. The number of aliphatic hydroxyl groups is 2. The minimum atomic E-state index is -0.684. The number of amides is 2. The monoisotopic (exact) mass is 529 g/mol. The quantitative estimate of drug-likeness (QED) is 0.486. The molecule has 8 heteroatoms. The number of carbonyl (C=O) groups is 2. The number of hydrogen-bond acceptors (Lipinski definition) is 6. The van der Waals surface area contributed by atoms with Crippen LogP contribution in [0.15, 0.2) is 11.6 Å². The summed E-state index contributed by atoms with van der Waals surface area (Å²) < 4.78 is 5.27. The van der Waals surface area contributed by atoms with Crippen LogP contribution in [0.3, 0.4) is 0 Å². The van der Waals surface area contributed by atoms with Crippen molar-refractivity contribution in [1.82, 2.24) is 15.1 Å². The molecule has 8 nitrogen and oxygen atoms in total. The van der Waals surface area contributed by atoms with Crippen LogP contribution in [-0.4, -0.2) is 89.6 Å². The summed E-state index contributed by atoms with van der Waals surface area (Å²) in [6, 6.07) is 0.303. The van der Waals surface area contributed by atoms with Crippen molar-refractivity contribution in [3.63, 3.8) is 0 Å². The van der Waals surface area contributed by atoms with Gasteiger partial charge in [-0.15, -0.1) is 0 Å². The van der Waals surface area contributed by atoms with Crippen LogP contribution in [0.25, 0.3) is 0 Å². The third-order valence-electron chi connectivity index (χ3n) is 12.6. The Morgan fingerprint density at radius 1 is 1.16 bits per heavy atom. The number of esters is 1. The number of urea groups is 1. The summed E-state index contributed by atoms with van der Waals surface area (Å²) in [7, 11) is 1.97. The fraction of sp³-hybridized carbons (Fsp3) is 0.867. The van der Waals surface area contributed by atoms with Crippen LogP contribution in [0.2, 0.25) is 0 Å². The molecule has 0 spiro atoms. The molecule has 3 N–H and O–H groups in total. The number of carbonyl (C=O) groups excluding carboxylic acids is 2. The highest BCUT2D eigenvalue weighted by Crippen LogP contribution is 2.70. The average molecular weight is 530 g/mol. The number of fused-ring (bicyclic) bond motifs is 5. The summed E-state index contributed by atoms with van der Waals surface area (Å²) in [6.45, 7) is 7.19. The highest BCUT2D eigenvalue weighted by Gasteiger charge is 2.67. The molecule has 0 bridgehead atoms. The van der Waals surface area contributed by atoms with E-state index in [4.69, 9.17) is 4.74 Å². The molecule has 38 heavy (non-hydrogen) atoms. The molecule has 6 aliphatic rings. The van der Waals surface area contributed by atoms with E-state index in [1.54, 1.807) is 6.08 Å². The number of nitrogens with zero attached hydrogens (tertiary/aromatic N) is 2. The Morgan fingerprint density at radius 2 is 1.97 bits per heavy atom. The first kappa shape index (κ1) is 26.6. The van der Waals surface area contributed by atoms with Gasteiger partial charge in [0, 0.05) is 50.3 Å². The van der Waals surface area contributed by atoms with Crippen LogP contribution in [0, 0.1) is 34.5 Å². The first-order valence-electron chi connectivity index (χ1n) is 15.1. The second-order valence-electron chi connectivity index (χ2n) is 13.9. The van der Waals surface area contributed by atoms with Crippen molar-refractivity contribution in [2.45, 2.75) is 89.3 Å². The molecule has 2 aliphatic heterocycles. The van der Waals surface area contributed by atoms with Crippen molar-refractivity contribution < 1.29 is 24.5 Å². The maximum Gasteiger partial charge on any atom is 0.331 e. The minimum absolute atomic E-state index is 0.0398. The largest absolute Gasteiger partial charge is 0.458 e. The van der Waals surface area contributed by atoms with Crippen molar-refractivity contribution in [2.24, 2.45) is 34.5 Å². The van der Waals surface area contributed by atoms with Crippen molar-refractivity contribution >= 4 is 12.0 Å². The van der Waals surface area contributed by atoms with Crippen molar-refractivity contribution in [1.29, 1.82) is 0 Å². The number of rotatable bonds is 3. The molecule has 5 fully saturated rings. The third kappa shape index (κ3) is 3.87. The van der Waals surface area contributed by atoms with E-state index in [-0.39, 0.29) is 47.4 Å². The topological polar surface area (TPSA) is 102 Å². The molecule has 4 aliphatic carbocycles. The summed E-state index contributed by atoms with van der Waals surface area (Å²) in [4.78, 5) is 29.1. The van der Waals surface area contributed by atoms with Crippen LogP contribution in [0.4, 0.5) is 4.79 Å². The van der Waals surface area contributed by atoms with Crippen LogP contribution in [0.1, 0.15) is 71.6 Å². The molecule has 6 rings (SSSR count). The average Bonchev–Trinajstić information content (AvgIpc) is 3.47. The van der Waals surface area contributed by atoms with Crippen molar-refractivity contribution in [2.75, 3.05) is 39.9 Å². The molecular weight excluding hydrogens is 482 g/mol. The number of nitrogens with one attached hydrogen (secondary N) is 1. The minimum Gasteiger partial charge on any atom is -0.458 e. The normalized spacial score (nSPS) is 46.5. The van der Waals surface area contributed by atoms with Crippen LogP contribution in [-0.2, 0) is 9.53 Å². The van der Waals surface area contributed by atoms with E-state index in [2.05, 4.69) is 19.2 Å². The zero-order chi connectivity index (χ0) is 26.9. The first-order valence-corrected chi connectivity index (χ1v) is 15.1. The van der Waals surface area contributed by atoms with E-state index in [1.807, 2.05) is 16.8 Å². The molecule has 0 aromatic rings. The Labute approximate surface area is 227 Å². The molecule has 0 aromatic heterocycles. The van der Waals surface area contributed by atoms with Gasteiger partial charge in [-0.05, 0) is 92.4 Å². The third-order valence-corrected chi connectivity index (χ3v) is 12.6. The molecule has 0 radical (unpaired) electrons. The number of aliphatic hydroxyl groups excluding tert-OH is 1. The van der Waals surface area contributed by atoms with Gasteiger partial charge in [0.15, 0.2) is 0 Å². The molecule has 9 atom stereocenters. The highest BCUT2D eigenvalue weighted by molar-refractivity contribution is 5.85. The number of hydrogen-bond donors (Lipinski definition) is 3. The Balaban J connectivity index is 1.16. The van der Waals surface area contributed by atoms with E-state index >= 15 is 0 Å². The van der Waals surface area contributed by atoms with Gasteiger partial charge in [0.05, 0.1) is 12.2 Å². The molecular formula is C30H47N3O5. The van der Waals surface area contributed by atoms with Gasteiger partial charge >= 0.3 is 12.0 Å². The molecule has 4 saturated carbocycles. The van der Waals surface area contributed by atoms with Crippen LogP contribution in [0.5, 0.6) is 0 Å². The Morgan fingerprint density at radius 3 is 2.71 bits per heavy atom. The molecule has 0 unspecified atom stereocenters.